The number of imide groups is 1. The summed E-state index contributed by atoms with van der Waals surface area (Å²) in [6.07, 6.45) is -0.890. The Kier molecular flexibility index (Phi) is 4.82. The number of aromatic nitrogens is 2. The van der Waals surface area contributed by atoms with Crippen molar-refractivity contribution in [2.24, 2.45) is 0 Å². The Labute approximate surface area is 176 Å². The minimum Gasteiger partial charge on any atom is -0.390 e. The second-order valence-corrected chi connectivity index (χ2v) is 9.68. The van der Waals surface area contributed by atoms with Crippen molar-refractivity contribution in [1.82, 2.24) is 14.9 Å². The number of hydrogen-bond acceptors (Lipinski definition) is 7. The fourth-order valence-electron chi connectivity index (χ4n) is 2.93. The maximum absolute atomic E-state index is 13.2. The predicted molar refractivity (Wildman–Crippen MR) is 110 cm³/mol. The Bertz CT molecular complexity index is 1010. The van der Waals surface area contributed by atoms with E-state index in [0.717, 1.165) is 4.57 Å². The maximum Gasteiger partial charge on any atom is 0.280 e. The lowest BCUT2D eigenvalue weighted by Gasteiger charge is -2.39. The highest BCUT2D eigenvalue weighted by molar-refractivity contribution is 14.2. The lowest BCUT2D eigenvalue weighted by atomic mass is 9.72. The van der Waals surface area contributed by atoms with Gasteiger partial charge in [0, 0.05) is 6.42 Å². The van der Waals surface area contributed by atoms with Crippen molar-refractivity contribution >= 4 is 82.0 Å². The number of amides is 2. The van der Waals surface area contributed by atoms with Crippen LogP contribution in [0.4, 0.5) is 5.69 Å². The lowest BCUT2D eigenvalue weighted by Crippen LogP contribution is -2.67. The molecule has 0 aliphatic carbocycles. The van der Waals surface area contributed by atoms with Gasteiger partial charge in [0.2, 0.25) is 11.6 Å². The number of nitrogens with one attached hydrogen (secondary N) is 1. The summed E-state index contributed by atoms with van der Waals surface area (Å²) in [4.78, 5) is 41.4. The summed E-state index contributed by atoms with van der Waals surface area (Å²) >= 11 is 3.92. The van der Waals surface area contributed by atoms with Gasteiger partial charge >= 0.3 is 0 Å². The normalized spacial score (nSPS) is 26.0. The topological polar surface area (TPSA) is 125 Å². The number of fused-ring (bicyclic) bond motifs is 1. The van der Waals surface area contributed by atoms with Crippen molar-refractivity contribution in [3.63, 3.8) is 0 Å². The van der Waals surface area contributed by atoms with E-state index in [1.165, 1.54) is 6.92 Å². The van der Waals surface area contributed by atoms with E-state index in [1.807, 2.05) is 45.7 Å². The zero-order valence-electron chi connectivity index (χ0n) is 13.2. The van der Waals surface area contributed by atoms with Crippen LogP contribution in [-0.2, 0) is 15.3 Å². The van der Waals surface area contributed by atoms with Crippen LogP contribution >= 0.6 is 45.7 Å². The van der Waals surface area contributed by atoms with Crippen molar-refractivity contribution in [3.8, 4) is 0 Å². The molecule has 3 N–H and O–H groups in total. The summed E-state index contributed by atoms with van der Waals surface area (Å²) in [5.74, 6) is -2.30. The molecule has 2 amide bonds. The minimum atomic E-state index is -2.58. The van der Waals surface area contributed by atoms with Gasteiger partial charge < -0.3 is 10.2 Å². The average Bonchev–Trinajstić information content (AvgIpc) is 2.52. The van der Waals surface area contributed by atoms with E-state index in [2.05, 4.69) is 4.98 Å². The molecule has 26 heavy (non-hydrogen) atoms. The van der Waals surface area contributed by atoms with Gasteiger partial charge in [0.15, 0.2) is 0 Å². The third-order valence-electron chi connectivity index (χ3n) is 4.10. The van der Waals surface area contributed by atoms with Gasteiger partial charge in [-0.25, -0.2) is 4.98 Å². The standard InChI is InChI=1S/C14H11BI2N4O5/c1-6-18-7-3-2-4-8(21(16)17)9(7)10(22)20(6)14(26)5-13(15,25)11(23)19-12(14)24/h2-4,25-26H,5H2,1H3,(H,19,23,24). The van der Waals surface area contributed by atoms with Crippen molar-refractivity contribution in [3.05, 3.63) is 34.4 Å². The number of benzene rings is 1. The molecule has 2 heterocycles. The van der Waals surface area contributed by atoms with Crippen LogP contribution in [0, 0.1) is 6.92 Å². The molecule has 1 aliphatic heterocycles. The van der Waals surface area contributed by atoms with E-state index >= 15 is 0 Å². The zero-order valence-corrected chi connectivity index (χ0v) is 17.5. The molecule has 12 heteroatoms. The number of carbonyl (C=O) groups is 2. The second kappa shape index (κ2) is 6.42. The predicted octanol–water partition coefficient (Wildman–Crippen LogP) is -0.240. The van der Waals surface area contributed by atoms with Gasteiger partial charge in [0.25, 0.3) is 11.5 Å². The molecule has 2 aromatic rings. The summed E-state index contributed by atoms with van der Waals surface area (Å²) in [7, 11) is 5.47. The lowest BCUT2D eigenvalue weighted by molar-refractivity contribution is -0.175. The molecule has 2 radical (unpaired) electrons. The summed E-state index contributed by atoms with van der Waals surface area (Å²) in [5, 5.41) is 22.9. The van der Waals surface area contributed by atoms with Crippen LogP contribution in [0.1, 0.15) is 12.2 Å². The molecule has 9 nitrogen and oxygen atoms in total. The summed E-state index contributed by atoms with van der Waals surface area (Å²) in [5.41, 5.74) is -4.92. The highest BCUT2D eigenvalue weighted by Crippen LogP contribution is 2.32. The fourth-order valence-corrected chi connectivity index (χ4v) is 3.73. The number of halogens is 2. The second-order valence-electron chi connectivity index (χ2n) is 5.90. The maximum atomic E-state index is 13.2. The molecule has 1 aliphatic rings. The largest absolute Gasteiger partial charge is 0.390 e. The molecule has 134 valence electrons. The van der Waals surface area contributed by atoms with Crippen LogP contribution in [0.15, 0.2) is 23.0 Å². The summed E-state index contributed by atoms with van der Waals surface area (Å²) in [6.45, 7) is 1.43. The fraction of sp³-hybridized carbons (Fsp3) is 0.286. The molecule has 1 saturated heterocycles. The van der Waals surface area contributed by atoms with E-state index in [1.54, 1.807) is 24.8 Å². The van der Waals surface area contributed by atoms with Crippen LogP contribution < -0.4 is 12.2 Å². The molecule has 2 unspecified atom stereocenters. The molecule has 1 fully saturated rings. The molecular weight excluding hydrogens is 569 g/mol. The first-order valence-corrected chi connectivity index (χ1v) is 9.16. The third-order valence-corrected chi connectivity index (χ3v) is 5.13. The van der Waals surface area contributed by atoms with Crippen LogP contribution in [0.2, 0.25) is 0 Å². The van der Waals surface area contributed by atoms with E-state index < -0.39 is 35.0 Å². The van der Waals surface area contributed by atoms with Crippen LogP contribution in [-0.4, -0.2) is 44.9 Å². The Morgan fingerprint density at radius 1 is 1.27 bits per heavy atom. The van der Waals surface area contributed by atoms with E-state index in [9.17, 15) is 24.6 Å². The molecule has 0 spiro atoms. The number of aliphatic hydroxyl groups is 2. The Hall–Kier alpha value is -1.26. The van der Waals surface area contributed by atoms with Crippen LogP contribution in [0.5, 0.6) is 0 Å². The monoisotopic (exact) mass is 580 g/mol. The van der Waals surface area contributed by atoms with E-state index in [-0.39, 0.29) is 11.2 Å². The number of nitrogens with zero attached hydrogens (tertiary/aromatic N) is 3. The quantitative estimate of drug-likeness (QED) is 0.194. The van der Waals surface area contributed by atoms with Gasteiger partial charge in [-0.2, -0.15) is 0 Å². The van der Waals surface area contributed by atoms with E-state index in [0.29, 0.717) is 11.2 Å². The minimum absolute atomic E-state index is 0.0240. The number of piperidine rings is 1. The SMILES string of the molecule is [B]C1(O)CC(O)(n2c(C)nc3cccc(N(I)I)c3c2=O)C(=O)NC1=O. The van der Waals surface area contributed by atoms with Crippen LogP contribution in [0.25, 0.3) is 10.9 Å². The summed E-state index contributed by atoms with van der Waals surface area (Å²) in [6, 6.07) is 5.03. The third kappa shape index (κ3) is 2.91. The Morgan fingerprint density at radius 3 is 2.54 bits per heavy atom. The molecular formula is C14H11BI2N4O5. The Morgan fingerprint density at radius 2 is 1.92 bits per heavy atom. The number of rotatable bonds is 2. The van der Waals surface area contributed by atoms with Gasteiger partial charge in [0.1, 0.15) is 19.2 Å². The van der Waals surface area contributed by atoms with Gasteiger partial charge in [-0.1, -0.05) is 6.07 Å². The van der Waals surface area contributed by atoms with Crippen molar-refractivity contribution < 1.29 is 19.8 Å². The smallest absolute Gasteiger partial charge is 0.280 e. The average molecular weight is 580 g/mol. The molecule has 1 aromatic heterocycles. The van der Waals surface area contributed by atoms with Crippen molar-refractivity contribution in [2.45, 2.75) is 24.6 Å². The number of anilines is 1. The number of carbonyl (C=O) groups excluding carboxylic acids is 2. The number of hydrogen-bond donors (Lipinski definition) is 3. The first-order chi connectivity index (χ1) is 12.0. The van der Waals surface area contributed by atoms with Crippen LogP contribution in [0.3, 0.4) is 0 Å². The first kappa shape index (κ1) is 19.5. The number of aryl methyl sites for hydroxylation is 1. The first-order valence-electron chi connectivity index (χ1n) is 7.23. The van der Waals surface area contributed by atoms with Crippen molar-refractivity contribution in [1.29, 1.82) is 0 Å². The molecule has 0 bridgehead atoms. The van der Waals surface area contributed by atoms with Crippen molar-refractivity contribution in [2.75, 3.05) is 1.33 Å². The van der Waals surface area contributed by atoms with Gasteiger partial charge in [-0.05, 0) is 19.1 Å². The molecule has 0 saturated carbocycles. The highest BCUT2D eigenvalue weighted by atomic mass is 127. The molecule has 3 rings (SSSR count). The van der Waals surface area contributed by atoms with Gasteiger partial charge in [-0.3, -0.25) is 25.6 Å². The highest BCUT2D eigenvalue weighted by Gasteiger charge is 2.53. The zero-order chi connectivity index (χ0) is 19.4. The summed E-state index contributed by atoms with van der Waals surface area (Å²) < 4.78 is 2.38. The van der Waals surface area contributed by atoms with Gasteiger partial charge in [0.05, 0.1) is 62.3 Å². The van der Waals surface area contributed by atoms with Gasteiger partial charge in [-0.15, -0.1) is 0 Å². The molecule has 1 aromatic carbocycles. The molecule has 2 atom stereocenters. The Balaban J connectivity index is 2.35. The van der Waals surface area contributed by atoms with E-state index in [4.69, 9.17) is 7.85 Å².